The van der Waals surface area contributed by atoms with Gasteiger partial charge in [0.15, 0.2) is 0 Å². The quantitative estimate of drug-likeness (QED) is 0.689. The van der Waals surface area contributed by atoms with Crippen molar-refractivity contribution in [2.45, 2.75) is 12.6 Å². The summed E-state index contributed by atoms with van der Waals surface area (Å²) in [5, 5.41) is 0. The maximum atomic E-state index is 14.8. The molecule has 2 amide bonds. The number of amides is 2. The molecule has 0 aliphatic carbocycles. The third kappa shape index (κ3) is 3.81. The summed E-state index contributed by atoms with van der Waals surface area (Å²) in [7, 11) is -3.67. The first-order valence-electron chi connectivity index (χ1n) is 8.75. The van der Waals surface area contributed by atoms with Crippen LogP contribution in [0, 0.1) is 5.82 Å². The van der Waals surface area contributed by atoms with Crippen LogP contribution in [0.2, 0.25) is 0 Å². The molecule has 2 aliphatic heterocycles. The van der Waals surface area contributed by atoms with Crippen LogP contribution < -0.4 is 9.80 Å². The van der Waals surface area contributed by atoms with Gasteiger partial charge in [-0.2, -0.15) is 8.42 Å². The molecule has 1 atom stereocenters. The van der Waals surface area contributed by atoms with Gasteiger partial charge in [0.25, 0.3) is 16.0 Å². The second kappa shape index (κ2) is 7.12. The number of halogens is 1. The zero-order chi connectivity index (χ0) is 20.8. The van der Waals surface area contributed by atoms with Crippen molar-refractivity contribution in [2.24, 2.45) is 0 Å². The fourth-order valence-electron chi connectivity index (χ4n) is 3.35. The molecule has 8 nitrogen and oxygen atoms in total. The zero-order valence-electron chi connectivity index (χ0n) is 15.4. The summed E-state index contributed by atoms with van der Waals surface area (Å²) in [4.78, 5) is 27.2. The summed E-state index contributed by atoms with van der Waals surface area (Å²) in [5.41, 5.74) is 1.70. The molecule has 2 aromatic rings. The summed E-state index contributed by atoms with van der Waals surface area (Å²) in [5.74, 6) is -0.946. The molecule has 0 saturated carbocycles. The van der Waals surface area contributed by atoms with E-state index in [0.717, 1.165) is 17.9 Å². The van der Waals surface area contributed by atoms with Crippen LogP contribution in [0.5, 0.6) is 0 Å². The van der Waals surface area contributed by atoms with Gasteiger partial charge in [0, 0.05) is 5.56 Å². The van der Waals surface area contributed by atoms with Crippen LogP contribution in [0.25, 0.3) is 0 Å². The molecule has 0 bridgehead atoms. The molecule has 2 aromatic carbocycles. The van der Waals surface area contributed by atoms with E-state index in [2.05, 4.69) is 4.18 Å². The van der Waals surface area contributed by atoms with Crippen molar-refractivity contribution < 1.29 is 31.3 Å². The van der Waals surface area contributed by atoms with Crippen molar-refractivity contribution in [1.82, 2.24) is 0 Å². The lowest BCUT2D eigenvalue weighted by molar-refractivity contribution is 0.0995. The lowest BCUT2D eigenvalue weighted by Gasteiger charge is -2.19. The van der Waals surface area contributed by atoms with Crippen molar-refractivity contribution in [3.8, 4) is 0 Å². The van der Waals surface area contributed by atoms with Gasteiger partial charge in [0.05, 0.1) is 30.7 Å². The minimum Gasteiger partial charge on any atom is -0.441 e. The van der Waals surface area contributed by atoms with Gasteiger partial charge in [0.2, 0.25) is 0 Å². The fraction of sp³-hybridized carbons (Fsp3) is 0.263. The average molecular weight is 420 g/mol. The molecule has 2 aliphatic rings. The summed E-state index contributed by atoms with van der Waals surface area (Å²) in [6.07, 6.45) is -0.633. The van der Waals surface area contributed by atoms with Crippen LogP contribution in [-0.4, -0.2) is 45.9 Å². The van der Waals surface area contributed by atoms with Gasteiger partial charge < -0.3 is 9.64 Å². The van der Waals surface area contributed by atoms with Crippen LogP contribution in [0.1, 0.15) is 15.9 Å². The smallest absolute Gasteiger partial charge is 0.414 e. The Morgan fingerprint density at radius 2 is 1.93 bits per heavy atom. The van der Waals surface area contributed by atoms with Crippen molar-refractivity contribution in [3.05, 3.63) is 59.4 Å². The van der Waals surface area contributed by atoms with Gasteiger partial charge in [-0.05, 0) is 29.8 Å². The molecular weight excluding hydrogens is 403 g/mol. The normalized spacial score (nSPS) is 18.9. The Balaban J connectivity index is 1.51. The number of hydrogen-bond acceptors (Lipinski definition) is 6. The van der Waals surface area contributed by atoms with Crippen LogP contribution >= 0.6 is 0 Å². The first-order chi connectivity index (χ1) is 13.7. The third-order valence-electron chi connectivity index (χ3n) is 4.70. The summed E-state index contributed by atoms with van der Waals surface area (Å²) in [6.45, 7) is -0.0364. The largest absolute Gasteiger partial charge is 0.441 e. The van der Waals surface area contributed by atoms with Crippen molar-refractivity contribution >= 4 is 33.5 Å². The van der Waals surface area contributed by atoms with Gasteiger partial charge >= 0.3 is 6.09 Å². The number of anilines is 2. The van der Waals surface area contributed by atoms with E-state index in [1.165, 1.54) is 21.9 Å². The Hall–Kier alpha value is -2.98. The molecule has 0 unspecified atom stereocenters. The van der Waals surface area contributed by atoms with Gasteiger partial charge in [-0.15, -0.1) is 0 Å². The molecular formula is C19H17FN2O6S. The zero-order valence-corrected chi connectivity index (χ0v) is 16.2. The number of cyclic esters (lactones) is 1. The maximum absolute atomic E-state index is 14.8. The third-order valence-corrected chi connectivity index (χ3v) is 5.26. The van der Waals surface area contributed by atoms with Gasteiger partial charge in [-0.1, -0.05) is 18.2 Å². The van der Waals surface area contributed by atoms with E-state index in [4.69, 9.17) is 4.74 Å². The van der Waals surface area contributed by atoms with Gasteiger partial charge in [0.1, 0.15) is 18.5 Å². The molecule has 1 saturated heterocycles. The number of rotatable bonds is 5. The topological polar surface area (TPSA) is 93.2 Å². The molecule has 10 heteroatoms. The highest BCUT2D eigenvalue weighted by molar-refractivity contribution is 7.85. The molecule has 4 rings (SSSR count). The molecule has 152 valence electrons. The standard InChI is InChI=1S/C19H17FN2O6S/c1-29(25,26)27-11-14-10-21(19(24)28-14)13-6-7-17(16(20)8-13)22-9-12-4-2-3-5-15(12)18(22)23/h2-8,14H,9-11H2,1H3/t14-/m0/s1. The Morgan fingerprint density at radius 3 is 2.62 bits per heavy atom. The highest BCUT2D eigenvalue weighted by Crippen LogP contribution is 2.33. The number of carbonyl (C=O) groups is 2. The first-order valence-corrected chi connectivity index (χ1v) is 10.6. The van der Waals surface area contributed by atoms with E-state index in [1.54, 1.807) is 12.1 Å². The molecule has 0 aromatic heterocycles. The van der Waals surface area contributed by atoms with Crippen molar-refractivity contribution in [1.29, 1.82) is 0 Å². The van der Waals surface area contributed by atoms with Crippen LogP contribution in [0.3, 0.4) is 0 Å². The van der Waals surface area contributed by atoms with Crippen molar-refractivity contribution in [2.75, 3.05) is 29.2 Å². The number of hydrogen-bond donors (Lipinski definition) is 0. The number of fused-ring (bicyclic) bond motifs is 1. The highest BCUT2D eigenvalue weighted by atomic mass is 32.2. The lowest BCUT2D eigenvalue weighted by atomic mass is 10.1. The number of nitrogens with zero attached hydrogens (tertiary/aromatic N) is 2. The Labute approximate surface area is 166 Å². The van der Waals surface area contributed by atoms with E-state index >= 15 is 0 Å². The molecule has 2 heterocycles. The molecule has 1 fully saturated rings. The first kappa shape index (κ1) is 19.3. The number of carbonyl (C=O) groups excluding carboxylic acids is 2. The van der Waals surface area contributed by atoms with E-state index in [1.807, 2.05) is 12.1 Å². The SMILES string of the molecule is CS(=O)(=O)OC[C@@H]1CN(c2ccc(N3Cc4ccccc4C3=O)c(F)c2)C(=O)O1. The number of ether oxygens (including phenoxy) is 1. The number of benzene rings is 2. The minimum absolute atomic E-state index is 0.0151. The Morgan fingerprint density at radius 1 is 1.17 bits per heavy atom. The predicted octanol–water partition coefficient (Wildman–Crippen LogP) is 2.29. The Bertz CT molecular complexity index is 1100. The van der Waals surface area contributed by atoms with Crippen molar-refractivity contribution in [3.63, 3.8) is 0 Å². The predicted molar refractivity (Wildman–Crippen MR) is 102 cm³/mol. The average Bonchev–Trinajstić information content (AvgIpc) is 3.20. The molecule has 0 spiro atoms. The monoisotopic (exact) mass is 420 g/mol. The summed E-state index contributed by atoms with van der Waals surface area (Å²) < 4.78 is 46.7. The Kier molecular flexibility index (Phi) is 4.75. The maximum Gasteiger partial charge on any atom is 0.414 e. The van der Waals surface area contributed by atoms with E-state index in [9.17, 15) is 22.4 Å². The van der Waals surface area contributed by atoms with Crippen LogP contribution in [-0.2, 0) is 25.6 Å². The summed E-state index contributed by atoms with van der Waals surface area (Å²) >= 11 is 0. The second-order valence-electron chi connectivity index (χ2n) is 6.79. The fourth-order valence-corrected chi connectivity index (χ4v) is 3.75. The lowest BCUT2D eigenvalue weighted by Crippen LogP contribution is -2.27. The van der Waals surface area contributed by atoms with Crippen LogP contribution in [0.15, 0.2) is 42.5 Å². The second-order valence-corrected chi connectivity index (χ2v) is 8.43. The summed E-state index contributed by atoms with van der Waals surface area (Å²) in [6, 6.07) is 11.2. The van der Waals surface area contributed by atoms with Gasteiger partial charge in [-0.25, -0.2) is 9.18 Å². The highest BCUT2D eigenvalue weighted by Gasteiger charge is 2.35. The molecule has 0 N–H and O–H groups in total. The van der Waals surface area contributed by atoms with E-state index in [-0.39, 0.29) is 37.0 Å². The minimum atomic E-state index is -3.67. The van der Waals surface area contributed by atoms with Gasteiger partial charge in [-0.3, -0.25) is 13.9 Å². The van der Waals surface area contributed by atoms with E-state index < -0.39 is 28.1 Å². The van der Waals surface area contributed by atoms with Crippen LogP contribution in [0.4, 0.5) is 20.6 Å². The van der Waals surface area contributed by atoms with E-state index in [0.29, 0.717) is 5.56 Å². The molecule has 29 heavy (non-hydrogen) atoms. The molecule has 0 radical (unpaired) electrons.